The number of H-pyrrole nitrogens is 1. The highest BCUT2D eigenvalue weighted by Gasteiger charge is 2.05. The fourth-order valence-corrected chi connectivity index (χ4v) is 2.59. The minimum absolute atomic E-state index is 0.114. The van der Waals surface area contributed by atoms with Gasteiger partial charge in [-0.15, -0.1) is 0 Å². The van der Waals surface area contributed by atoms with Gasteiger partial charge in [0.25, 0.3) is 5.91 Å². The zero-order valence-corrected chi connectivity index (χ0v) is 14.5. The van der Waals surface area contributed by atoms with Crippen LogP contribution in [0, 0.1) is 0 Å². The number of para-hydroxylation sites is 1. The van der Waals surface area contributed by atoms with Crippen molar-refractivity contribution in [3.63, 3.8) is 0 Å². The van der Waals surface area contributed by atoms with E-state index in [0.29, 0.717) is 18.7 Å². The molecule has 0 aliphatic carbocycles. The van der Waals surface area contributed by atoms with Gasteiger partial charge in [-0.3, -0.25) is 14.7 Å². The molecule has 1 aromatic heterocycles. The lowest BCUT2D eigenvalue weighted by Crippen LogP contribution is -2.33. The fourth-order valence-electron chi connectivity index (χ4n) is 2.59. The van der Waals surface area contributed by atoms with Gasteiger partial charge in [0.1, 0.15) is 0 Å². The van der Waals surface area contributed by atoms with Crippen molar-refractivity contribution in [3.8, 4) is 0 Å². The molecule has 3 rings (SSSR count). The second kappa shape index (κ2) is 8.11. The van der Waals surface area contributed by atoms with Gasteiger partial charge in [-0.1, -0.05) is 36.4 Å². The second-order valence-electron chi connectivity index (χ2n) is 5.85. The SMILES string of the molecule is CC(=O)NCCNC(=O)c1cccc(C=Cc2n[nH]c3ccccc23)c1. The number of amides is 2. The van der Waals surface area contributed by atoms with Gasteiger partial charge in [0.2, 0.25) is 5.91 Å². The van der Waals surface area contributed by atoms with Gasteiger partial charge in [0.15, 0.2) is 0 Å². The molecule has 0 fully saturated rings. The summed E-state index contributed by atoms with van der Waals surface area (Å²) in [4.78, 5) is 23.0. The lowest BCUT2D eigenvalue weighted by atomic mass is 10.1. The molecule has 6 heteroatoms. The lowest BCUT2D eigenvalue weighted by Gasteiger charge is -2.06. The van der Waals surface area contributed by atoms with Crippen molar-refractivity contribution < 1.29 is 9.59 Å². The highest BCUT2D eigenvalue weighted by molar-refractivity contribution is 5.95. The van der Waals surface area contributed by atoms with Crippen molar-refractivity contribution in [3.05, 3.63) is 65.4 Å². The summed E-state index contributed by atoms with van der Waals surface area (Å²) in [5, 5.41) is 13.8. The molecule has 0 saturated carbocycles. The van der Waals surface area contributed by atoms with Crippen LogP contribution in [0.2, 0.25) is 0 Å². The highest BCUT2D eigenvalue weighted by atomic mass is 16.2. The highest BCUT2D eigenvalue weighted by Crippen LogP contribution is 2.17. The van der Waals surface area contributed by atoms with E-state index in [-0.39, 0.29) is 11.8 Å². The minimum Gasteiger partial charge on any atom is -0.355 e. The van der Waals surface area contributed by atoms with Crippen LogP contribution in [-0.4, -0.2) is 35.1 Å². The monoisotopic (exact) mass is 348 g/mol. The van der Waals surface area contributed by atoms with Gasteiger partial charge >= 0.3 is 0 Å². The molecule has 26 heavy (non-hydrogen) atoms. The van der Waals surface area contributed by atoms with Crippen molar-refractivity contribution in [1.82, 2.24) is 20.8 Å². The summed E-state index contributed by atoms with van der Waals surface area (Å²) in [5.74, 6) is -0.284. The third-order valence-corrected chi connectivity index (χ3v) is 3.87. The molecular weight excluding hydrogens is 328 g/mol. The Morgan fingerprint density at radius 1 is 1.04 bits per heavy atom. The lowest BCUT2D eigenvalue weighted by molar-refractivity contribution is -0.118. The van der Waals surface area contributed by atoms with Crippen LogP contribution in [0.4, 0.5) is 0 Å². The summed E-state index contributed by atoms with van der Waals surface area (Å²) in [5.41, 5.74) is 3.32. The number of aromatic amines is 1. The summed E-state index contributed by atoms with van der Waals surface area (Å²) in [6.45, 7) is 2.24. The molecule has 0 aliphatic heterocycles. The van der Waals surface area contributed by atoms with Crippen molar-refractivity contribution >= 4 is 34.9 Å². The maximum absolute atomic E-state index is 12.2. The molecule has 0 bridgehead atoms. The Kier molecular flexibility index (Phi) is 5.43. The topological polar surface area (TPSA) is 86.9 Å². The Labute approximate surface area is 151 Å². The van der Waals surface area contributed by atoms with Crippen LogP contribution < -0.4 is 10.6 Å². The van der Waals surface area contributed by atoms with Gasteiger partial charge in [-0.25, -0.2) is 0 Å². The number of carbonyl (C=O) groups is 2. The van der Waals surface area contributed by atoms with E-state index in [1.165, 1.54) is 6.92 Å². The Balaban J connectivity index is 1.67. The van der Waals surface area contributed by atoms with Crippen LogP contribution in [-0.2, 0) is 4.79 Å². The number of rotatable bonds is 6. The van der Waals surface area contributed by atoms with E-state index in [4.69, 9.17) is 0 Å². The van der Waals surface area contributed by atoms with E-state index in [0.717, 1.165) is 22.2 Å². The smallest absolute Gasteiger partial charge is 0.251 e. The van der Waals surface area contributed by atoms with Crippen LogP contribution in [0.3, 0.4) is 0 Å². The third-order valence-electron chi connectivity index (χ3n) is 3.87. The molecule has 3 N–H and O–H groups in total. The van der Waals surface area contributed by atoms with E-state index in [1.807, 2.05) is 54.6 Å². The normalized spacial score (nSPS) is 11.0. The summed E-state index contributed by atoms with van der Waals surface area (Å²) in [6, 6.07) is 15.3. The van der Waals surface area contributed by atoms with Crippen LogP contribution in [0.25, 0.3) is 23.1 Å². The first-order valence-corrected chi connectivity index (χ1v) is 8.37. The Hall–Kier alpha value is -3.41. The van der Waals surface area contributed by atoms with E-state index < -0.39 is 0 Å². The van der Waals surface area contributed by atoms with Gasteiger partial charge in [0.05, 0.1) is 11.2 Å². The van der Waals surface area contributed by atoms with E-state index in [9.17, 15) is 9.59 Å². The van der Waals surface area contributed by atoms with Gasteiger partial charge in [-0.2, -0.15) is 5.10 Å². The quantitative estimate of drug-likeness (QED) is 0.599. The van der Waals surface area contributed by atoms with Crippen molar-refractivity contribution in [2.45, 2.75) is 6.92 Å². The van der Waals surface area contributed by atoms with Crippen molar-refractivity contribution in [2.75, 3.05) is 13.1 Å². The molecule has 1 heterocycles. The Morgan fingerprint density at radius 2 is 1.85 bits per heavy atom. The molecule has 0 atom stereocenters. The molecule has 3 aromatic rings. The molecule has 2 aromatic carbocycles. The van der Waals surface area contributed by atoms with E-state index in [1.54, 1.807) is 6.07 Å². The van der Waals surface area contributed by atoms with Crippen LogP contribution in [0.1, 0.15) is 28.5 Å². The molecule has 0 aliphatic rings. The van der Waals surface area contributed by atoms with Crippen LogP contribution in [0.15, 0.2) is 48.5 Å². The summed E-state index contributed by atoms with van der Waals surface area (Å²) in [6.07, 6.45) is 3.85. The fraction of sp³-hybridized carbons (Fsp3) is 0.150. The minimum atomic E-state index is -0.171. The van der Waals surface area contributed by atoms with Crippen molar-refractivity contribution in [2.24, 2.45) is 0 Å². The zero-order valence-electron chi connectivity index (χ0n) is 14.5. The van der Waals surface area contributed by atoms with E-state index in [2.05, 4.69) is 20.8 Å². The molecule has 0 unspecified atom stereocenters. The molecule has 0 saturated heterocycles. The molecule has 6 nitrogen and oxygen atoms in total. The van der Waals surface area contributed by atoms with Crippen molar-refractivity contribution in [1.29, 1.82) is 0 Å². The van der Waals surface area contributed by atoms with Gasteiger partial charge in [0, 0.05) is 31.0 Å². The average Bonchev–Trinajstić information content (AvgIpc) is 3.07. The average molecular weight is 348 g/mol. The standard InChI is InChI=1S/C20H20N4O2/c1-14(25)21-11-12-22-20(26)16-6-4-5-15(13-16)9-10-19-17-7-2-3-8-18(17)23-24-19/h2-10,13H,11-12H2,1H3,(H,21,25)(H,22,26)(H,23,24). The number of nitrogens with zero attached hydrogens (tertiary/aromatic N) is 1. The Bertz CT molecular complexity index is 959. The number of aromatic nitrogens is 2. The first-order chi connectivity index (χ1) is 12.6. The molecule has 0 radical (unpaired) electrons. The zero-order chi connectivity index (χ0) is 18.4. The van der Waals surface area contributed by atoms with Gasteiger partial charge in [-0.05, 0) is 29.8 Å². The largest absolute Gasteiger partial charge is 0.355 e. The summed E-state index contributed by atoms with van der Waals surface area (Å²) in [7, 11) is 0. The van der Waals surface area contributed by atoms with E-state index >= 15 is 0 Å². The maximum atomic E-state index is 12.2. The number of benzene rings is 2. The number of hydrogen-bond acceptors (Lipinski definition) is 3. The number of fused-ring (bicyclic) bond motifs is 1. The molecule has 2 amide bonds. The summed E-state index contributed by atoms with van der Waals surface area (Å²) >= 11 is 0. The predicted octanol–water partition coefficient (Wildman–Crippen LogP) is 2.60. The molecular formula is C20H20N4O2. The predicted molar refractivity (Wildman–Crippen MR) is 102 cm³/mol. The molecule has 0 spiro atoms. The van der Waals surface area contributed by atoms with Crippen LogP contribution >= 0.6 is 0 Å². The van der Waals surface area contributed by atoms with Gasteiger partial charge < -0.3 is 10.6 Å². The molecule has 132 valence electrons. The number of nitrogens with one attached hydrogen (secondary N) is 3. The third kappa shape index (κ3) is 4.36. The first-order valence-electron chi connectivity index (χ1n) is 8.37. The van der Waals surface area contributed by atoms with Crippen LogP contribution in [0.5, 0.6) is 0 Å². The first kappa shape index (κ1) is 17.4. The summed E-state index contributed by atoms with van der Waals surface area (Å²) < 4.78 is 0. The Morgan fingerprint density at radius 3 is 2.69 bits per heavy atom. The number of hydrogen-bond donors (Lipinski definition) is 3. The second-order valence-corrected chi connectivity index (χ2v) is 5.85. The number of carbonyl (C=O) groups excluding carboxylic acids is 2. The maximum Gasteiger partial charge on any atom is 0.251 e.